The minimum absolute atomic E-state index is 0.524. The van der Waals surface area contributed by atoms with Crippen LogP contribution in [0, 0.1) is 5.92 Å². The molecule has 2 nitrogen and oxygen atoms in total. The molecule has 0 saturated heterocycles. The van der Waals surface area contributed by atoms with Crippen LogP contribution in [0.1, 0.15) is 32.1 Å². The molecule has 92 valence electrons. The number of hydrogen-bond acceptors (Lipinski definition) is 2. The highest BCUT2D eigenvalue weighted by molar-refractivity contribution is 5.51. The molecule has 2 heteroatoms. The van der Waals surface area contributed by atoms with E-state index in [1.807, 2.05) is 6.07 Å². The van der Waals surface area contributed by atoms with Gasteiger partial charge < -0.3 is 9.69 Å². The van der Waals surface area contributed by atoms with Crippen LogP contribution in [0.2, 0.25) is 0 Å². The Morgan fingerprint density at radius 3 is 2.65 bits per heavy atom. The smallest absolute Gasteiger partial charge is 0.120 e. The molecule has 1 aliphatic rings. The first-order valence-electron chi connectivity index (χ1n) is 6.54. The number of aldehydes is 1. The molecule has 0 aromatic heterocycles. The molecule has 0 aliphatic heterocycles. The second-order valence-electron chi connectivity index (χ2n) is 4.96. The maximum absolute atomic E-state index is 10.8. The molecule has 1 fully saturated rings. The minimum Gasteiger partial charge on any atom is -0.371 e. The van der Waals surface area contributed by atoms with Crippen LogP contribution in [-0.2, 0) is 4.79 Å². The Hall–Kier alpha value is -1.31. The number of carbonyl (C=O) groups is 1. The number of para-hydroxylation sites is 1. The minimum atomic E-state index is 0.524. The molecule has 2 rings (SSSR count). The number of benzene rings is 1. The van der Waals surface area contributed by atoms with Crippen molar-refractivity contribution in [1.82, 2.24) is 0 Å². The van der Waals surface area contributed by atoms with E-state index in [1.54, 1.807) is 0 Å². The van der Waals surface area contributed by atoms with Gasteiger partial charge in [0, 0.05) is 25.2 Å². The molecule has 0 spiro atoms. The lowest BCUT2D eigenvalue weighted by Crippen LogP contribution is -2.40. The third kappa shape index (κ3) is 2.87. The maximum atomic E-state index is 10.8. The van der Waals surface area contributed by atoms with E-state index in [1.165, 1.54) is 31.4 Å². The van der Waals surface area contributed by atoms with Gasteiger partial charge in [-0.3, -0.25) is 0 Å². The van der Waals surface area contributed by atoms with Gasteiger partial charge in [-0.2, -0.15) is 0 Å². The molecule has 1 saturated carbocycles. The van der Waals surface area contributed by atoms with Gasteiger partial charge in [-0.25, -0.2) is 0 Å². The zero-order chi connectivity index (χ0) is 12.1. The molecule has 2 unspecified atom stereocenters. The molecule has 0 heterocycles. The second kappa shape index (κ2) is 5.85. The van der Waals surface area contributed by atoms with Crippen LogP contribution in [0.15, 0.2) is 30.3 Å². The van der Waals surface area contributed by atoms with Crippen molar-refractivity contribution in [3.8, 4) is 0 Å². The Bertz CT molecular complexity index is 349. The van der Waals surface area contributed by atoms with Crippen LogP contribution in [0.3, 0.4) is 0 Å². The maximum Gasteiger partial charge on any atom is 0.120 e. The molecule has 0 radical (unpaired) electrons. The second-order valence-corrected chi connectivity index (χ2v) is 4.96. The van der Waals surface area contributed by atoms with E-state index in [0.29, 0.717) is 18.4 Å². The fourth-order valence-corrected chi connectivity index (χ4v) is 2.95. The van der Waals surface area contributed by atoms with Crippen molar-refractivity contribution in [1.29, 1.82) is 0 Å². The standard InChI is InChI=1S/C15H21NO/c1-16(14-8-3-2-4-9-14)15-10-6-5-7-13(15)11-12-17/h2-4,8-9,12-13,15H,5-7,10-11H2,1H3. The first-order valence-corrected chi connectivity index (χ1v) is 6.54. The summed E-state index contributed by atoms with van der Waals surface area (Å²) in [7, 11) is 2.16. The number of carbonyl (C=O) groups excluding carboxylic acids is 1. The molecule has 0 amide bonds. The summed E-state index contributed by atoms with van der Waals surface area (Å²) in [5.41, 5.74) is 1.26. The molecule has 1 aromatic carbocycles. The van der Waals surface area contributed by atoms with Crippen LogP contribution in [-0.4, -0.2) is 19.4 Å². The van der Waals surface area contributed by atoms with Gasteiger partial charge in [0.05, 0.1) is 0 Å². The Labute approximate surface area is 104 Å². The third-order valence-corrected chi connectivity index (χ3v) is 3.93. The zero-order valence-electron chi connectivity index (χ0n) is 10.5. The summed E-state index contributed by atoms with van der Waals surface area (Å²) in [5, 5.41) is 0. The van der Waals surface area contributed by atoms with Crippen molar-refractivity contribution in [2.75, 3.05) is 11.9 Å². The highest BCUT2D eigenvalue weighted by Gasteiger charge is 2.27. The van der Waals surface area contributed by atoms with Crippen molar-refractivity contribution in [3.63, 3.8) is 0 Å². The summed E-state index contributed by atoms with van der Waals surface area (Å²) in [5.74, 6) is 0.534. The Kier molecular flexibility index (Phi) is 4.18. The van der Waals surface area contributed by atoms with Crippen LogP contribution in [0.5, 0.6) is 0 Å². The predicted octanol–water partition coefficient (Wildman–Crippen LogP) is 3.27. The highest BCUT2D eigenvalue weighted by Crippen LogP contribution is 2.32. The fourth-order valence-electron chi connectivity index (χ4n) is 2.95. The molecular weight excluding hydrogens is 210 g/mol. The molecule has 2 atom stereocenters. The van der Waals surface area contributed by atoms with E-state index in [9.17, 15) is 4.79 Å². The van der Waals surface area contributed by atoms with Crippen molar-refractivity contribution in [3.05, 3.63) is 30.3 Å². The largest absolute Gasteiger partial charge is 0.371 e. The summed E-state index contributed by atoms with van der Waals surface area (Å²) in [6, 6.07) is 11.0. The number of anilines is 1. The summed E-state index contributed by atoms with van der Waals surface area (Å²) in [4.78, 5) is 13.1. The van der Waals surface area contributed by atoms with Crippen LogP contribution in [0.25, 0.3) is 0 Å². The molecule has 0 bridgehead atoms. The number of rotatable bonds is 4. The van der Waals surface area contributed by atoms with Gasteiger partial charge in [0.25, 0.3) is 0 Å². The lowest BCUT2D eigenvalue weighted by molar-refractivity contribution is -0.108. The average molecular weight is 231 g/mol. The van der Waals surface area contributed by atoms with Gasteiger partial charge in [-0.1, -0.05) is 31.0 Å². The summed E-state index contributed by atoms with van der Waals surface area (Å²) in [6.45, 7) is 0. The van der Waals surface area contributed by atoms with E-state index < -0.39 is 0 Å². The Balaban J connectivity index is 2.10. The first kappa shape index (κ1) is 12.2. The molecule has 1 aliphatic carbocycles. The molecule has 1 aromatic rings. The summed E-state index contributed by atoms with van der Waals surface area (Å²) < 4.78 is 0. The highest BCUT2D eigenvalue weighted by atomic mass is 16.1. The van der Waals surface area contributed by atoms with E-state index in [4.69, 9.17) is 0 Å². The van der Waals surface area contributed by atoms with Gasteiger partial charge >= 0.3 is 0 Å². The van der Waals surface area contributed by atoms with E-state index in [-0.39, 0.29) is 0 Å². The quantitative estimate of drug-likeness (QED) is 0.741. The van der Waals surface area contributed by atoms with Crippen molar-refractivity contribution in [2.24, 2.45) is 5.92 Å². The zero-order valence-corrected chi connectivity index (χ0v) is 10.5. The molecular formula is C15H21NO. The van der Waals surface area contributed by atoms with Gasteiger partial charge in [-0.05, 0) is 30.9 Å². The van der Waals surface area contributed by atoms with Crippen LogP contribution < -0.4 is 4.90 Å². The van der Waals surface area contributed by atoms with Gasteiger partial charge in [0.1, 0.15) is 6.29 Å². The van der Waals surface area contributed by atoms with Gasteiger partial charge in [0.15, 0.2) is 0 Å². The normalized spacial score (nSPS) is 24.3. The van der Waals surface area contributed by atoms with Crippen LogP contribution >= 0.6 is 0 Å². The number of hydrogen-bond donors (Lipinski definition) is 0. The SMILES string of the molecule is CN(c1ccccc1)C1CCCCC1CC=O. The first-order chi connectivity index (χ1) is 8.33. The average Bonchev–Trinajstić information content (AvgIpc) is 2.40. The predicted molar refractivity (Wildman–Crippen MR) is 71.3 cm³/mol. The molecule has 0 N–H and O–H groups in total. The third-order valence-electron chi connectivity index (χ3n) is 3.93. The molecule has 17 heavy (non-hydrogen) atoms. The van der Waals surface area contributed by atoms with E-state index in [0.717, 1.165) is 6.29 Å². The van der Waals surface area contributed by atoms with Gasteiger partial charge in [0.2, 0.25) is 0 Å². The van der Waals surface area contributed by atoms with Gasteiger partial charge in [-0.15, -0.1) is 0 Å². The number of nitrogens with zero attached hydrogens (tertiary/aromatic N) is 1. The lowest BCUT2D eigenvalue weighted by Gasteiger charge is -2.38. The van der Waals surface area contributed by atoms with Crippen molar-refractivity contribution in [2.45, 2.75) is 38.1 Å². The van der Waals surface area contributed by atoms with E-state index >= 15 is 0 Å². The Morgan fingerprint density at radius 2 is 1.94 bits per heavy atom. The van der Waals surface area contributed by atoms with Crippen molar-refractivity contribution < 1.29 is 4.79 Å². The van der Waals surface area contributed by atoms with Crippen LogP contribution in [0.4, 0.5) is 5.69 Å². The van der Waals surface area contributed by atoms with Crippen molar-refractivity contribution >= 4 is 12.0 Å². The summed E-state index contributed by atoms with van der Waals surface area (Å²) in [6.07, 6.45) is 6.77. The lowest BCUT2D eigenvalue weighted by atomic mass is 9.82. The summed E-state index contributed by atoms with van der Waals surface area (Å²) >= 11 is 0. The monoisotopic (exact) mass is 231 g/mol. The fraction of sp³-hybridized carbons (Fsp3) is 0.533. The Morgan fingerprint density at radius 1 is 1.24 bits per heavy atom. The topological polar surface area (TPSA) is 20.3 Å². The van der Waals surface area contributed by atoms with E-state index in [2.05, 4.69) is 36.2 Å².